The maximum absolute atomic E-state index is 5.74. The van der Waals surface area contributed by atoms with Gasteiger partial charge in [0.05, 0.1) is 0 Å². The lowest BCUT2D eigenvalue weighted by Crippen LogP contribution is -1.84. The number of nitrogen functional groups attached to an aromatic ring is 1. The number of nitrogens with zero attached hydrogens (tertiary/aromatic N) is 3. The van der Waals surface area contributed by atoms with Gasteiger partial charge < -0.3 is 5.73 Å². The first-order valence-corrected chi connectivity index (χ1v) is 5.58. The molecule has 0 aliphatic heterocycles. The number of thiazole rings is 1. The summed E-state index contributed by atoms with van der Waals surface area (Å²) in [6.07, 6.45) is 3.31. The summed E-state index contributed by atoms with van der Waals surface area (Å²) >= 11 is 1.52. The first-order chi connectivity index (χ1) is 7.83. The highest BCUT2D eigenvalue weighted by Crippen LogP contribution is 2.28. The van der Waals surface area contributed by atoms with E-state index in [2.05, 4.69) is 15.0 Å². The van der Waals surface area contributed by atoms with Gasteiger partial charge in [-0.05, 0) is 12.1 Å². The maximum Gasteiger partial charge on any atom is 0.190 e. The number of rotatable bonds is 1. The number of hydrogen-bond donors (Lipinski definition) is 1. The number of aromatic nitrogens is 3. The number of nitrogens with two attached hydrogens (primary N) is 1. The van der Waals surface area contributed by atoms with Crippen molar-refractivity contribution in [3.8, 4) is 10.6 Å². The summed E-state index contributed by atoms with van der Waals surface area (Å²) in [4.78, 5) is 13.6. The summed E-state index contributed by atoms with van der Waals surface area (Å²) in [7, 11) is 0. The Labute approximate surface area is 95.8 Å². The second-order valence-electron chi connectivity index (χ2n) is 3.33. The smallest absolute Gasteiger partial charge is 0.190 e. The maximum atomic E-state index is 5.74. The lowest BCUT2D eigenvalue weighted by molar-refractivity contribution is 1.26. The molecule has 0 bridgehead atoms. The van der Waals surface area contributed by atoms with Gasteiger partial charge in [-0.1, -0.05) is 23.5 Å². The highest BCUT2D eigenvalue weighted by Gasteiger charge is 2.07. The molecule has 2 aromatic heterocycles. The van der Waals surface area contributed by atoms with E-state index in [1.807, 2.05) is 24.3 Å². The molecule has 16 heavy (non-hydrogen) atoms. The molecule has 2 N–H and O–H groups in total. The van der Waals surface area contributed by atoms with Crippen LogP contribution in [0.15, 0.2) is 36.7 Å². The number of benzene rings is 1. The Morgan fingerprint density at radius 3 is 2.81 bits per heavy atom. The van der Waals surface area contributed by atoms with Crippen LogP contribution in [0, 0.1) is 0 Å². The van der Waals surface area contributed by atoms with Crippen molar-refractivity contribution in [2.45, 2.75) is 0 Å². The van der Waals surface area contributed by atoms with Crippen molar-refractivity contribution in [2.24, 2.45) is 0 Å². The van der Waals surface area contributed by atoms with E-state index in [9.17, 15) is 0 Å². The predicted molar refractivity (Wildman–Crippen MR) is 65.1 cm³/mol. The molecule has 0 saturated heterocycles. The fourth-order valence-corrected chi connectivity index (χ4v) is 2.34. The molecule has 5 heteroatoms. The van der Waals surface area contributed by atoms with E-state index in [0.717, 1.165) is 21.1 Å². The Balaban J connectivity index is 2.19. The first-order valence-electron chi connectivity index (χ1n) is 4.76. The normalized spacial score (nSPS) is 10.8. The van der Waals surface area contributed by atoms with Crippen LogP contribution >= 0.6 is 11.3 Å². The molecule has 0 unspecified atom stereocenters. The molecule has 0 fully saturated rings. The van der Waals surface area contributed by atoms with Crippen LogP contribution in [0.1, 0.15) is 0 Å². The van der Waals surface area contributed by atoms with Crippen LogP contribution in [0.25, 0.3) is 21.0 Å². The van der Waals surface area contributed by atoms with Crippen LogP contribution < -0.4 is 5.73 Å². The lowest BCUT2D eigenvalue weighted by atomic mass is 10.2. The Morgan fingerprint density at radius 2 is 2.00 bits per heavy atom. The molecule has 0 saturated carbocycles. The molecule has 3 aromatic rings. The second kappa shape index (κ2) is 3.53. The van der Waals surface area contributed by atoms with Gasteiger partial charge in [-0.15, -0.1) is 0 Å². The van der Waals surface area contributed by atoms with Crippen molar-refractivity contribution in [3.05, 3.63) is 36.7 Å². The van der Waals surface area contributed by atoms with Crippen molar-refractivity contribution in [3.63, 3.8) is 0 Å². The van der Waals surface area contributed by atoms with E-state index in [1.165, 1.54) is 11.3 Å². The molecule has 0 radical (unpaired) electrons. The van der Waals surface area contributed by atoms with Crippen LogP contribution in [0.3, 0.4) is 0 Å². The van der Waals surface area contributed by atoms with Crippen LogP contribution in [0.5, 0.6) is 0 Å². The third-order valence-electron chi connectivity index (χ3n) is 2.18. The molecule has 78 valence electrons. The van der Waals surface area contributed by atoms with E-state index in [1.54, 1.807) is 12.4 Å². The molecule has 0 spiro atoms. The average Bonchev–Trinajstić information content (AvgIpc) is 2.72. The van der Waals surface area contributed by atoms with E-state index >= 15 is 0 Å². The Morgan fingerprint density at radius 1 is 1.12 bits per heavy atom. The van der Waals surface area contributed by atoms with Gasteiger partial charge in [0.25, 0.3) is 0 Å². The van der Waals surface area contributed by atoms with Crippen molar-refractivity contribution >= 4 is 27.5 Å². The van der Waals surface area contributed by atoms with Gasteiger partial charge in [-0.2, -0.15) is 0 Å². The summed E-state index contributed by atoms with van der Waals surface area (Å²) in [5.41, 5.74) is 8.16. The van der Waals surface area contributed by atoms with E-state index in [-0.39, 0.29) is 0 Å². The Bertz CT molecular complexity index is 614. The minimum Gasteiger partial charge on any atom is -0.399 e. The van der Waals surface area contributed by atoms with Gasteiger partial charge in [-0.3, -0.25) is 0 Å². The lowest BCUT2D eigenvalue weighted by Gasteiger charge is -1.96. The highest BCUT2D eigenvalue weighted by atomic mass is 32.1. The van der Waals surface area contributed by atoms with Gasteiger partial charge in [0.2, 0.25) is 0 Å². The summed E-state index contributed by atoms with van der Waals surface area (Å²) in [5, 5.41) is 0.897. The number of fused-ring (bicyclic) bond motifs is 1. The number of hydrogen-bond acceptors (Lipinski definition) is 5. The van der Waals surface area contributed by atoms with Crippen molar-refractivity contribution in [1.82, 2.24) is 15.0 Å². The van der Waals surface area contributed by atoms with E-state index < -0.39 is 0 Å². The standard InChI is InChI=1S/C11H8N4S/c12-8-3-1-2-7(6-8)10-15-9-11(16-10)14-5-4-13-9/h1-6H,12H2. The van der Waals surface area contributed by atoms with E-state index in [0.29, 0.717) is 5.65 Å². The van der Waals surface area contributed by atoms with Gasteiger partial charge in [0.15, 0.2) is 10.5 Å². The SMILES string of the molecule is Nc1cccc(-c2nc3nccnc3s2)c1. The minimum absolute atomic E-state index is 0.685. The topological polar surface area (TPSA) is 64.7 Å². The quantitative estimate of drug-likeness (QED) is 0.649. The molecular formula is C11H8N4S. The molecule has 0 atom stereocenters. The zero-order chi connectivity index (χ0) is 11.0. The molecule has 1 aromatic carbocycles. The Hall–Kier alpha value is -2.01. The molecule has 2 heterocycles. The summed E-state index contributed by atoms with van der Waals surface area (Å²) in [6, 6.07) is 7.65. The van der Waals surface area contributed by atoms with Crippen LogP contribution in [0.4, 0.5) is 5.69 Å². The highest BCUT2D eigenvalue weighted by molar-refractivity contribution is 7.21. The minimum atomic E-state index is 0.685. The van der Waals surface area contributed by atoms with Crippen molar-refractivity contribution < 1.29 is 0 Å². The predicted octanol–water partition coefficient (Wildman–Crippen LogP) is 2.34. The van der Waals surface area contributed by atoms with Gasteiger partial charge in [-0.25, -0.2) is 15.0 Å². The van der Waals surface area contributed by atoms with Crippen molar-refractivity contribution in [1.29, 1.82) is 0 Å². The van der Waals surface area contributed by atoms with Gasteiger partial charge in [0, 0.05) is 23.6 Å². The molecule has 0 amide bonds. The monoisotopic (exact) mass is 228 g/mol. The van der Waals surface area contributed by atoms with Gasteiger partial charge >= 0.3 is 0 Å². The summed E-state index contributed by atoms with van der Waals surface area (Å²) in [5.74, 6) is 0. The largest absolute Gasteiger partial charge is 0.399 e. The molecular weight excluding hydrogens is 220 g/mol. The molecule has 3 rings (SSSR count). The van der Waals surface area contributed by atoms with E-state index in [4.69, 9.17) is 5.73 Å². The molecule has 0 aliphatic carbocycles. The van der Waals surface area contributed by atoms with Crippen LogP contribution in [0.2, 0.25) is 0 Å². The fraction of sp³-hybridized carbons (Fsp3) is 0. The molecule has 4 nitrogen and oxygen atoms in total. The van der Waals surface area contributed by atoms with Crippen LogP contribution in [-0.2, 0) is 0 Å². The Kier molecular flexibility index (Phi) is 2.04. The third kappa shape index (κ3) is 1.51. The second-order valence-corrected chi connectivity index (χ2v) is 4.31. The average molecular weight is 228 g/mol. The molecule has 0 aliphatic rings. The number of anilines is 1. The summed E-state index contributed by atoms with van der Waals surface area (Å²) in [6.45, 7) is 0. The fourth-order valence-electron chi connectivity index (χ4n) is 1.47. The first kappa shape index (κ1) is 9.23. The zero-order valence-electron chi connectivity index (χ0n) is 8.29. The van der Waals surface area contributed by atoms with Crippen molar-refractivity contribution in [2.75, 3.05) is 5.73 Å². The van der Waals surface area contributed by atoms with Crippen LogP contribution in [-0.4, -0.2) is 15.0 Å². The zero-order valence-corrected chi connectivity index (χ0v) is 9.11. The van der Waals surface area contributed by atoms with Gasteiger partial charge in [0.1, 0.15) is 5.01 Å². The third-order valence-corrected chi connectivity index (χ3v) is 3.18. The summed E-state index contributed by atoms with van der Waals surface area (Å²) < 4.78 is 0.